The fraction of sp³-hybridized carbons (Fsp3) is 0.190. The molecule has 0 aliphatic carbocycles. The highest BCUT2D eigenvalue weighted by Crippen LogP contribution is 2.23. The number of methoxy groups -OCH3 is 2. The number of nitrogens with zero attached hydrogens (tertiary/aromatic N) is 2. The van der Waals surface area contributed by atoms with E-state index in [0.29, 0.717) is 16.7 Å². The number of nitrogens with one attached hydrogen (secondary N) is 3. The number of fused-ring (bicyclic) bond motifs is 1. The molecule has 3 rings (SSSR count). The number of ketones is 1. The molecule has 0 bridgehead atoms. The van der Waals surface area contributed by atoms with Crippen LogP contribution in [0.15, 0.2) is 51.4 Å². The van der Waals surface area contributed by atoms with E-state index < -0.39 is 35.4 Å². The molecule has 12 nitrogen and oxygen atoms in total. The molecule has 0 saturated heterocycles. The van der Waals surface area contributed by atoms with Crippen LogP contribution in [0.25, 0.3) is 11.0 Å². The fourth-order valence-electron chi connectivity index (χ4n) is 2.90. The molecule has 170 valence electrons. The maximum atomic E-state index is 12.7. The summed E-state index contributed by atoms with van der Waals surface area (Å²) in [5, 5.41) is 10.2. The van der Waals surface area contributed by atoms with E-state index >= 15 is 0 Å². The van der Waals surface area contributed by atoms with E-state index in [2.05, 4.69) is 30.3 Å². The van der Waals surface area contributed by atoms with Crippen LogP contribution < -0.4 is 11.0 Å². The molecule has 0 aliphatic rings. The second-order valence-electron chi connectivity index (χ2n) is 6.77. The van der Waals surface area contributed by atoms with Gasteiger partial charge in [-0.05, 0) is 43.3 Å². The largest absolute Gasteiger partial charge is 0.465 e. The molecule has 1 atom stereocenters. The Morgan fingerprint density at radius 1 is 0.939 bits per heavy atom. The molecule has 0 radical (unpaired) electrons. The summed E-state index contributed by atoms with van der Waals surface area (Å²) < 4.78 is 9.32. The molecule has 12 heteroatoms. The lowest BCUT2D eigenvalue weighted by molar-refractivity contribution is -0.126. The van der Waals surface area contributed by atoms with Gasteiger partial charge in [0, 0.05) is 5.69 Å². The Labute approximate surface area is 186 Å². The van der Waals surface area contributed by atoms with Gasteiger partial charge in [0.1, 0.15) is 0 Å². The lowest BCUT2D eigenvalue weighted by Crippen LogP contribution is -2.31. The molecule has 0 spiro atoms. The standard InChI is InChI=1S/C21H19N5O7/c1-10(27)17(18(28)22-12-5-7-15-16(9-12)24-21(31)23-15)26-25-14-6-4-11(19(29)32-2)8-13(14)20(30)33-3/h4-9,17H,1-3H3,(H,22,28)(H2,23,24,31)/t17-/m0/s1. The van der Waals surface area contributed by atoms with E-state index in [-0.39, 0.29) is 16.8 Å². The average molecular weight is 453 g/mol. The molecular formula is C21H19N5O7. The number of H-pyrrole nitrogens is 2. The van der Waals surface area contributed by atoms with Gasteiger partial charge in [-0.2, -0.15) is 10.2 Å². The predicted molar refractivity (Wildman–Crippen MR) is 116 cm³/mol. The van der Waals surface area contributed by atoms with E-state index in [1.807, 2.05) is 0 Å². The highest BCUT2D eigenvalue weighted by Gasteiger charge is 2.24. The summed E-state index contributed by atoms with van der Waals surface area (Å²) in [6, 6.07) is 6.99. The van der Waals surface area contributed by atoms with Crippen molar-refractivity contribution in [2.75, 3.05) is 19.5 Å². The molecule has 2 aromatic carbocycles. The van der Waals surface area contributed by atoms with E-state index in [1.165, 1.54) is 31.4 Å². The van der Waals surface area contributed by atoms with Crippen molar-refractivity contribution in [3.8, 4) is 0 Å². The first kappa shape index (κ1) is 23.1. The van der Waals surface area contributed by atoms with Crippen molar-refractivity contribution in [3.05, 3.63) is 58.0 Å². The first-order chi connectivity index (χ1) is 15.7. The number of amides is 1. The van der Waals surface area contributed by atoms with Gasteiger partial charge in [-0.1, -0.05) is 0 Å². The summed E-state index contributed by atoms with van der Waals surface area (Å²) >= 11 is 0. The van der Waals surface area contributed by atoms with Gasteiger partial charge in [0.05, 0.1) is 42.1 Å². The van der Waals surface area contributed by atoms with Crippen molar-refractivity contribution < 1.29 is 28.7 Å². The van der Waals surface area contributed by atoms with Crippen LogP contribution in [0.3, 0.4) is 0 Å². The first-order valence-corrected chi connectivity index (χ1v) is 9.48. The van der Waals surface area contributed by atoms with Crippen molar-refractivity contribution in [1.29, 1.82) is 0 Å². The number of aromatic amines is 2. The molecular weight excluding hydrogens is 434 g/mol. The number of azo groups is 1. The van der Waals surface area contributed by atoms with Crippen LogP contribution in [0.4, 0.5) is 11.4 Å². The summed E-state index contributed by atoms with van der Waals surface area (Å²) in [6.07, 6.45) is 0. The Morgan fingerprint density at radius 2 is 1.64 bits per heavy atom. The van der Waals surface area contributed by atoms with Crippen LogP contribution in [0, 0.1) is 0 Å². The van der Waals surface area contributed by atoms with Gasteiger partial charge in [-0.3, -0.25) is 9.59 Å². The number of hydrogen-bond acceptors (Lipinski definition) is 9. The van der Waals surface area contributed by atoms with Crippen LogP contribution >= 0.6 is 0 Å². The SMILES string of the molecule is COC(=O)c1ccc(N=N[C@@H](C(C)=O)C(=O)Nc2ccc3[nH]c(=O)[nH]c3c2)c(C(=O)OC)c1. The minimum absolute atomic E-state index is 0.0140. The molecule has 1 amide bonds. The lowest BCUT2D eigenvalue weighted by atomic mass is 10.1. The zero-order valence-corrected chi connectivity index (χ0v) is 17.8. The first-order valence-electron chi connectivity index (χ1n) is 9.48. The van der Waals surface area contributed by atoms with Gasteiger partial charge in [-0.15, -0.1) is 0 Å². The number of anilines is 1. The normalized spacial score (nSPS) is 11.8. The molecule has 0 aliphatic heterocycles. The molecule has 3 aromatic rings. The van der Waals surface area contributed by atoms with E-state index in [0.717, 1.165) is 14.0 Å². The van der Waals surface area contributed by atoms with E-state index in [1.54, 1.807) is 12.1 Å². The number of carbonyl (C=O) groups is 4. The lowest BCUT2D eigenvalue weighted by Gasteiger charge is -2.10. The molecule has 33 heavy (non-hydrogen) atoms. The molecule has 1 heterocycles. The monoisotopic (exact) mass is 453 g/mol. The second-order valence-corrected chi connectivity index (χ2v) is 6.77. The Kier molecular flexibility index (Phi) is 6.77. The van der Waals surface area contributed by atoms with Crippen LogP contribution in [0.1, 0.15) is 27.6 Å². The second kappa shape index (κ2) is 9.68. The zero-order chi connectivity index (χ0) is 24.1. The van der Waals surface area contributed by atoms with Gasteiger partial charge in [0.2, 0.25) is 6.04 Å². The summed E-state index contributed by atoms with van der Waals surface area (Å²) in [4.78, 5) is 65.1. The number of ether oxygens (including phenoxy) is 2. The number of imidazole rings is 1. The number of aromatic nitrogens is 2. The molecule has 1 aromatic heterocycles. The van der Waals surface area contributed by atoms with Gasteiger partial charge >= 0.3 is 17.6 Å². The van der Waals surface area contributed by atoms with E-state index in [4.69, 9.17) is 4.74 Å². The third-order valence-corrected chi connectivity index (χ3v) is 4.52. The molecule has 0 fully saturated rings. The quantitative estimate of drug-likeness (QED) is 0.279. The molecule has 3 N–H and O–H groups in total. The topological polar surface area (TPSA) is 172 Å². The average Bonchev–Trinajstić information content (AvgIpc) is 3.17. The van der Waals surface area contributed by atoms with Crippen molar-refractivity contribution in [1.82, 2.24) is 9.97 Å². The number of carbonyl (C=O) groups excluding carboxylic acids is 4. The van der Waals surface area contributed by atoms with Gasteiger partial charge < -0.3 is 24.8 Å². The Morgan fingerprint density at radius 3 is 2.30 bits per heavy atom. The van der Waals surface area contributed by atoms with Crippen molar-refractivity contribution in [2.45, 2.75) is 13.0 Å². The Balaban J connectivity index is 1.87. The minimum Gasteiger partial charge on any atom is -0.465 e. The van der Waals surface area contributed by atoms with Gasteiger partial charge in [0.25, 0.3) is 5.91 Å². The molecule has 0 saturated carbocycles. The summed E-state index contributed by atoms with van der Waals surface area (Å²) in [5.41, 5.74) is 0.897. The molecule has 0 unspecified atom stereocenters. The third-order valence-electron chi connectivity index (χ3n) is 4.52. The van der Waals surface area contributed by atoms with Gasteiger partial charge in [-0.25, -0.2) is 14.4 Å². The van der Waals surface area contributed by atoms with Crippen LogP contribution in [-0.2, 0) is 19.1 Å². The van der Waals surface area contributed by atoms with Gasteiger partial charge in [0.15, 0.2) is 5.78 Å². The summed E-state index contributed by atoms with van der Waals surface area (Å²) in [5.74, 6) is -2.84. The smallest absolute Gasteiger partial charge is 0.340 e. The van der Waals surface area contributed by atoms with Crippen LogP contribution in [0.5, 0.6) is 0 Å². The van der Waals surface area contributed by atoms with Crippen LogP contribution in [-0.4, -0.2) is 53.9 Å². The van der Waals surface area contributed by atoms with E-state index in [9.17, 15) is 24.0 Å². The highest BCUT2D eigenvalue weighted by atomic mass is 16.5. The third kappa shape index (κ3) is 5.18. The summed E-state index contributed by atoms with van der Waals surface area (Å²) in [6.45, 7) is 1.16. The number of rotatable bonds is 7. The Bertz CT molecular complexity index is 1340. The predicted octanol–water partition coefficient (Wildman–Crippen LogP) is 2.11. The number of hydrogen-bond donors (Lipinski definition) is 3. The number of benzene rings is 2. The fourth-order valence-corrected chi connectivity index (χ4v) is 2.90. The maximum Gasteiger partial charge on any atom is 0.340 e. The maximum absolute atomic E-state index is 12.7. The number of Topliss-reactive ketones (excluding diaryl/α,β-unsaturated/α-hetero) is 1. The zero-order valence-electron chi connectivity index (χ0n) is 17.8. The summed E-state index contributed by atoms with van der Waals surface area (Å²) in [7, 11) is 2.34. The minimum atomic E-state index is -1.52. The van der Waals surface area contributed by atoms with Crippen molar-refractivity contribution in [2.24, 2.45) is 10.2 Å². The number of esters is 2. The van der Waals surface area contributed by atoms with Crippen molar-refractivity contribution >= 4 is 46.0 Å². The Hall–Kier alpha value is -4.61. The van der Waals surface area contributed by atoms with Crippen LogP contribution in [0.2, 0.25) is 0 Å². The highest BCUT2D eigenvalue weighted by molar-refractivity contribution is 6.10. The van der Waals surface area contributed by atoms with Crippen molar-refractivity contribution in [3.63, 3.8) is 0 Å².